The van der Waals surface area contributed by atoms with E-state index >= 15 is 0 Å². The fraction of sp³-hybridized carbons (Fsp3) is 0.286. The highest BCUT2D eigenvalue weighted by atomic mass is 79.9. The van der Waals surface area contributed by atoms with Gasteiger partial charge in [0.05, 0.1) is 11.9 Å². The van der Waals surface area contributed by atoms with Crippen molar-refractivity contribution in [1.82, 2.24) is 0 Å². The molecule has 0 saturated heterocycles. The molecule has 0 saturated carbocycles. The Morgan fingerprint density at radius 3 is 2.72 bits per heavy atom. The lowest BCUT2D eigenvalue weighted by Crippen LogP contribution is -1.96. The number of alkyl halides is 1. The van der Waals surface area contributed by atoms with Gasteiger partial charge in [-0.1, -0.05) is 22.9 Å². The first-order valence-electron chi connectivity index (χ1n) is 5.71. The maximum Gasteiger partial charge on any atom is 0.123 e. The van der Waals surface area contributed by atoms with Crippen molar-refractivity contribution in [2.45, 2.75) is 18.2 Å². The molecule has 1 aromatic carbocycles. The summed E-state index contributed by atoms with van der Waals surface area (Å²) in [6.07, 6.45) is 1.02. The normalized spacial score (nSPS) is 12.4. The van der Waals surface area contributed by atoms with Crippen LogP contribution >= 0.6 is 27.3 Å². The number of benzene rings is 1. The number of rotatable bonds is 4. The van der Waals surface area contributed by atoms with Crippen molar-refractivity contribution in [3.8, 4) is 5.75 Å². The van der Waals surface area contributed by atoms with Gasteiger partial charge < -0.3 is 4.74 Å². The largest absolute Gasteiger partial charge is 0.496 e. The quantitative estimate of drug-likeness (QED) is 0.722. The zero-order valence-electron chi connectivity index (χ0n) is 10.2. The monoisotopic (exact) mass is 328 g/mol. The van der Waals surface area contributed by atoms with Gasteiger partial charge >= 0.3 is 0 Å². The van der Waals surface area contributed by atoms with Gasteiger partial charge in [-0.25, -0.2) is 4.39 Å². The number of thiophene rings is 1. The molecule has 2 aromatic rings. The van der Waals surface area contributed by atoms with Crippen LogP contribution in [0.4, 0.5) is 4.39 Å². The van der Waals surface area contributed by atoms with Gasteiger partial charge in [0, 0.05) is 15.3 Å². The minimum Gasteiger partial charge on any atom is -0.496 e. The fourth-order valence-electron chi connectivity index (χ4n) is 1.78. The van der Waals surface area contributed by atoms with Crippen molar-refractivity contribution in [2.24, 2.45) is 0 Å². The van der Waals surface area contributed by atoms with Crippen molar-refractivity contribution in [2.75, 3.05) is 7.11 Å². The van der Waals surface area contributed by atoms with Crippen LogP contribution in [0.5, 0.6) is 5.75 Å². The van der Waals surface area contributed by atoms with Crippen LogP contribution in [-0.4, -0.2) is 7.11 Å². The van der Waals surface area contributed by atoms with Gasteiger partial charge in [0.15, 0.2) is 0 Å². The van der Waals surface area contributed by atoms with Gasteiger partial charge in [0.1, 0.15) is 11.6 Å². The average molecular weight is 329 g/mol. The first kappa shape index (κ1) is 13.6. The Morgan fingerprint density at radius 1 is 1.33 bits per heavy atom. The molecule has 0 spiro atoms. The Balaban J connectivity index is 2.38. The molecule has 0 bridgehead atoms. The van der Waals surface area contributed by atoms with E-state index in [0.717, 1.165) is 16.9 Å². The molecule has 1 nitrogen and oxygen atoms in total. The zero-order chi connectivity index (χ0) is 13.1. The van der Waals surface area contributed by atoms with Crippen molar-refractivity contribution < 1.29 is 9.13 Å². The zero-order valence-corrected chi connectivity index (χ0v) is 12.6. The Bertz CT molecular complexity index is 538. The Kier molecular flexibility index (Phi) is 4.40. The lowest BCUT2D eigenvalue weighted by Gasteiger charge is -2.13. The van der Waals surface area contributed by atoms with E-state index in [1.165, 1.54) is 17.0 Å². The minimum atomic E-state index is -0.248. The van der Waals surface area contributed by atoms with E-state index in [-0.39, 0.29) is 10.6 Å². The molecule has 1 unspecified atom stereocenters. The molecule has 0 aliphatic heterocycles. The predicted molar refractivity (Wildman–Crippen MR) is 77.4 cm³/mol. The minimum absolute atomic E-state index is 0.0338. The van der Waals surface area contributed by atoms with Crippen LogP contribution < -0.4 is 4.74 Å². The molecule has 4 heteroatoms. The van der Waals surface area contributed by atoms with Crippen LogP contribution in [0.2, 0.25) is 0 Å². The molecule has 18 heavy (non-hydrogen) atoms. The third kappa shape index (κ3) is 2.75. The maximum absolute atomic E-state index is 13.4. The molecule has 0 N–H and O–H groups in total. The highest BCUT2D eigenvalue weighted by Crippen LogP contribution is 2.39. The van der Waals surface area contributed by atoms with Crippen LogP contribution in [0.1, 0.15) is 27.1 Å². The predicted octanol–water partition coefficient (Wildman–Crippen LogP) is 4.94. The van der Waals surface area contributed by atoms with Crippen molar-refractivity contribution in [3.63, 3.8) is 0 Å². The highest BCUT2D eigenvalue weighted by Gasteiger charge is 2.17. The Hall–Kier alpha value is -0.870. The van der Waals surface area contributed by atoms with Gasteiger partial charge in [-0.2, -0.15) is 0 Å². The summed E-state index contributed by atoms with van der Waals surface area (Å²) in [5, 5.41) is 0. The van der Waals surface area contributed by atoms with E-state index in [9.17, 15) is 4.39 Å². The first-order valence-corrected chi connectivity index (χ1v) is 7.45. The second kappa shape index (κ2) is 5.85. The van der Waals surface area contributed by atoms with Gasteiger partial charge in [-0.3, -0.25) is 0 Å². The SMILES string of the molecule is CCc1ccc(C(Br)c2cc(F)ccc2OC)s1. The molecular formula is C14H14BrFOS. The molecule has 0 aliphatic rings. The lowest BCUT2D eigenvalue weighted by molar-refractivity contribution is 0.409. The summed E-state index contributed by atoms with van der Waals surface area (Å²) in [6.45, 7) is 2.13. The van der Waals surface area contributed by atoms with Crippen LogP contribution in [0, 0.1) is 5.82 Å². The van der Waals surface area contributed by atoms with E-state index in [4.69, 9.17) is 4.74 Å². The van der Waals surface area contributed by atoms with Crippen molar-refractivity contribution in [3.05, 3.63) is 51.5 Å². The van der Waals surface area contributed by atoms with Gasteiger partial charge in [0.2, 0.25) is 0 Å². The third-order valence-corrected chi connectivity index (χ3v) is 5.33. The number of halogens is 2. The molecule has 1 aromatic heterocycles. The molecular weight excluding hydrogens is 315 g/mol. The topological polar surface area (TPSA) is 9.23 Å². The fourth-order valence-corrected chi connectivity index (χ4v) is 3.52. The summed E-state index contributed by atoms with van der Waals surface area (Å²) in [6, 6.07) is 8.78. The van der Waals surface area contributed by atoms with Crippen LogP contribution in [-0.2, 0) is 6.42 Å². The highest BCUT2D eigenvalue weighted by molar-refractivity contribution is 9.09. The van der Waals surface area contributed by atoms with Gasteiger partial charge in [-0.05, 0) is 36.8 Å². The molecule has 1 atom stereocenters. The second-order valence-corrected chi connectivity index (χ2v) is 6.02. The summed E-state index contributed by atoms with van der Waals surface area (Å²) in [5.41, 5.74) is 0.821. The molecule has 0 fully saturated rings. The molecule has 96 valence electrons. The van der Waals surface area contributed by atoms with Crippen molar-refractivity contribution in [1.29, 1.82) is 0 Å². The third-order valence-electron chi connectivity index (χ3n) is 2.75. The standard InChI is InChI=1S/C14H14BrFOS/c1-3-10-5-7-13(18-10)14(15)11-8-9(16)4-6-12(11)17-2/h4-8,14H,3H2,1-2H3. The number of methoxy groups -OCH3 is 1. The molecule has 0 amide bonds. The molecule has 0 radical (unpaired) electrons. The number of hydrogen-bond acceptors (Lipinski definition) is 2. The smallest absolute Gasteiger partial charge is 0.123 e. The molecule has 1 heterocycles. The summed E-state index contributed by atoms with van der Waals surface area (Å²) in [4.78, 5) is 2.45. The summed E-state index contributed by atoms with van der Waals surface area (Å²) >= 11 is 5.36. The Labute approximate surface area is 119 Å². The lowest BCUT2D eigenvalue weighted by atomic mass is 10.1. The number of hydrogen-bond donors (Lipinski definition) is 0. The van der Waals surface area contributed by atoms with Crippen LogP contribution in [0.15, 0.2) is 30.3 Å². The molecule has 2 rings (SSSR count). The number of aryl methyl sites for hydroxylation is 1. The van der Waals surface area contributed by atoms with E-state index < -0.39 is 0 Å². The maximum atomic E-state index is 13.4. The molecule has 0 aliphatic carbocycles. The van der Waals surface area contributed by atoms with Crippen molar-refractivity contribution >= 4 is 27.3 Å². The van der Waals surface area contributed by atoms with Gasteiger partial charge in [0.25, 0.3) is 0 Å². The van der Waals surface area contributed by atoms with Crippen LogP contribution in [0.3, 0.4) is 0 Å². The average Bonchev–Trinajstić information content (AvgIpc) is 2.86. The van der Waals surface area contributed by atoms with E-state index in [1.54, 1.807) is 24.5 Å². The second-order valence-electron chi connectivity index (χ2n) is 3.91. The number of ether oxygens (including phenoxy) is 1. The van der Waals surface area contributed by atoms with Gasteiger partial charge in [-0.15, -0.1) is 11.3 Å². The van der Waals surface area contributed by atoms with E-state index in [1.807, 2.05) is 0 Å². The van der Waals surface area contributed by atoms with E-state index in [2.05, 4.69) is 35.0 Å². The Morgan fingerprint density at radius 2 is 2.11 bits per heavy atom. The summed E-state index contributed by atoms with van der Waals surface area (Å²) in [5.74, 6) is 0.451. The van der Waals surface area contributed by atoms with Crippen LogP contribution in [0.25, 0.3) is 0 Å². The first-order chi connectivity index (χ1) is 8.65. The summed E-state index contributed by atoms with van der Waals surface area (Å²) < 4.78 is 18.6. The summed E-state index contributed by atoms with van der Waals surface area (Å²) in [7, 11) is 1.60. The van der Waals surface area contributed by atoms with E-state index in [0.29, 0.717) is 5.75 Å².